The highest BCUT2D eigenvalue weighted by atomic mass is 16.4. The van der Waals surface area contributed by atoms with Crippen molar-refractivity contribution in [2.45, 2.75) is 0 Å². The van der Waals surface area contributed by atoms with Crippen LogP contribution in [0.15, 0.2) is 42.5 Å². The number of nitrogens with two attached hydrogens (primary N) is 1. The molecule has 0 saturated heterocycles. The molecule has 0 aliphatic heterocycles. The van der Waals surface area contributed by atoms with Gasteiger partial charge in [-0.3, -0.25) is 0 Å². The van der Waals surface area contributed by atoms with Crippen LogP contribution in [-0.4, -0.2) is 21.0 Å². The molecule has 0 fully saturated rings. The van der Waals surface area contributed by atoms with Crippen LogP contribution in [0.2, 0.25) is 0 Å². The topological polar surface area (TPSA) is 92.0 Å². The number of carboxylic acid groups (broad SMARTS) is 1. The fourth-order valence-electron chi connectivity index (χ4n) is 2.03. The van der Waals surface area contributed by atoms with Crippen molar-refractivity contribution in [2.75, 3.05) is 5.73 Å². The van der Waals surface area contributed by atoms with Crippen LogP contribution in [0.3, 0.4) is 0 Å². The second kappa shape index (κ2) is 4.13. The maximum atomic E-state index is 11.2. The first-order valence-electron chi connectivity index (χ1n) is 5.73. The van der Waals surface area contributed by atoms with E-state index >= 15 is 0 Å². The summed E-state index contributed by atoms with van der Waals surface area (Å²) in [5.74, 6) is -0.450. The van der Waals surface area contributed by atoms with Crippen LogP contribution in [0, 0.1) is 0 Å². The molecular weight excluding hydrogens is 242 g/mol. The summed E-state index contributed by atoms with van der Waals surface area (Å²) in [6.45, 7) is 0. The molecule has 94 valence electrons. The third-order valence-electron chi connectivity index (χ3n) is 2.92. The van der Waals surface area contributed by atoms with Crippen molar-refractivity contribution in [3.05, 3.63) is 48.0 Å². The number of nitrogens with one attached hydrogen (secondary N) is 1. The number of hydrogen-bond acceptors (Lipinski definition) is 3. The summed E-state index contributed by atoms with van der Waals surface area (Å²) >= 11 is 0. The van der Waals surface area contributed by atoms with E-state index in [1.54, 1.807) is 42.5 Å². The SMILES string of the molecule is Nc1ccc2nc(-c3ccccc3C(=O)O)[nH]c2c1. The van der Waals surface area contributed by atoms with Crippen LogP contribution in [-0.2, 0) is 0 Å². The van der Waals surface area contributed by atoms with E-state index < -0.39 is 5.97 Å². The van der Waals surface area contributed by atoms with Crippen LogP contribution in [0.4, 0.5) is 5.69 Å². The zero-order chi connectivity index (χ0) is 13.4. The molecule has 0 unspecified atom stereocenters. The number of fused-ring (bicyclic) bond motifs is 1. The number of carboxylic acids is 1. The summed E-state index contributed by atoms with van der Waals surface area (Å²) in [4.78, 5) is 18.7. The van der Waals surface area contributed by atoms with E-state index in [1.807, 2.05) is 0 Å². The zero-order valence-corrected chi connectivity index (χ0v) is 9.92. The van der Waals surface area contributed by atoms with Gasteiger partial charge in [0, 0.05) is 11.3 Å². The minimum atomic E-state index is -0.976. The predicted molar refractivity (Wildman–Crippen MR) is 72.9 cm³/mol. The Morgan fingerprint density at radius 1 is 1.21 bits per heavy atom. The van der Waals surface area contributed by atoms with Crippen molar-refractivity contribution < 1.29 is 9.90 Å². The smallest absolute Gasteiger partial charge is 0.336 e. The normalized spacial score (nSPS) is 10.7. The van der Waals surface area contributed by atoms with Gasteiger partial charge in [0.15, 0.2) is 0 Å². The highest BCUT2D eigenvalue weighted by molar-refractivity contribution is 5.96. The van der Waals surface area contributed by atoms with Crippen LogP contribution in [0.5, 0.6) is 0 Å². The minimum Gasteiger partial charge on any atom is -0.478 e. The van der Waals surface area contributed by atoms with Crippen molar-refractivity contribution in [2.24, 2.45) is 0 Å². The van der Waals surface area contributed by atoms with Crippen molar-refractivity contribution in [3.8, 4) is 11.4 Å². The highest BCUT2D eigenvalue weighted by Gasteiger charge is 2.13. The Morgan fingerprint density at radius 3 is 2.79 bits per heavy atom. The molecule has 0 amide bonds. The average Bonchev–Trinajstić information content (AvgIpc) is 2.81. The number of aromatic amines is 1. The van der Waals surface area contributed by atoms with Gasteiger partial charge in [0.05, 0.1) is 16.6 Å². The second-order valence-electron chi connectivity index (χ2n) is 4.21. The van der Waals surface area contributed by atoms with Gasteiger partial charge in [-0.05, 0) is 24.3 Å². The van der Waals surface area contributed by atoms with Gasteiger partial charge in [0.25, 0.3) is 0 Å². The molecule has 0 atom stereocenters. The Labute approximate surface area is 108 Å². The van der Waals surface area contributed by atoms with Crippen LogP contribution >= 0.6 is 0 Å². The molecule has 3 rings (SSSR count). The number of carbonyl (C=O) groups is 1. The van der Waals surface area contributed by atoms with Gasteiger partial charge in [-0.15, -0.1) is 0 Å². The third-order valence-corrected chi connectivity index (χ3v) is 2.92. The number of H-pyrrole nitrogens is 1. The lowest BCUT2D eigenvalue weighted by Gasteiger charge is -2.01. The first-order chi connectivity index (χ1) is 9.15. The first-order valence-corrected chi connectivity index (χ1v) is 5.73. The van der Waals surface area contributed by atoms with E-state index in [1.165, 1.54) is 0 Å². The lowest BCUT2D eigenvalue weighted by molar-refractivity contribution is 0.0697. The molecule has 0 radical (unpaired) electrons. The van der Waals surface area contributed by atoms with Crippen LogP contribution in [0.25, 0.3) is 22.4 Å². The minimum absolute atomic E-state index is 0.217. The Kier molecular flexibility index (Phi) is 2.45. The number of hydrogen-bond donors (Lipinski definition) is 3. The van der Waals surface area contributed by atoms with Gasteiger partial charge in [0.1, 0.15) is 5.82 Å². The van der Waals surface area contributed by atoms with E-state index in [2.05, 4.69) is 9.97 Å². The molecule has 0 bridgehead atoms. The largest absolute Gasteiger partial charge is 0.478 e. The van der Waals surface area contributed by atoms with Crippen molar-refractivity contribution in [1.82, 2.24) is 9.97 Å². The summed E-state index contributed by atoms with van der Waals surface area (Å²) in [6.07, 6.45) is 0. The average molecular weight is 253 g/mol. The highest BCUT2D eigenvalue weighted by Crippen LogP contribution is 2.24. The maximum Gasteiger partial charge on any atom is 0.336 e. The van der Waals surface area contributed by atoms with E-state index in [0.29, 0.717) is 17.1 Å². The van der Waals surface area contributed by atoms with Crippen LogP contribution < -0.4 is 5.73 Å². The number of rotatable bonds is 2. The standard InChI is InChI=1S/C14H11N3O2/c15-8-5-6-11-12(7-8)17-13(16-11)9-3-1-2-4-10(9)14(18)19/h1-7H,15H2,(H,16,17)(H,18,19). The van der Waals surface area contributed by atoms with E-state index in [0.717, 1.165) is 11.0 Å². The van der Waals surface area contributed by atoms with Crippen LogP contribution in [0.1, 0.15) is 10.4 Å². The number of aromatic carboxylic acids is 1. The van der Waals surface area contributed by atoms with Gasteiger partial charge in [-0.2, -0.15) is 0 Å². The summed E-state index contributed by atoms with van der Waals surface area (Å²) in [7, 11) is 0. The molecule has 1 heterocycles. The number of imidazole rings is 1. The molecule has 0 spiro atoms. The van der Waals surface area contributed by atoms with Gasteiger partial charge < -0.3 is 15.8 Å². The molecule has 19 heavy (non-hydrogen) atoms. The number of nitrogen functional groups attached to an aromatic ring is 1. The second-order valence-corrected chi connectivity index (χ2v) is 4.21. The number of benzene rings is 2. The quantitative estimate of drug-likeness (QED) is 0.612. The molecule has 2 aromatic carbocycles. The number of aromatic nitrogens is 2. The summed E-state index contributed by atoms with van der Waals surface area (Å²) in [5.41, 5.74) is 8.66. The number of anilines is 1. The maximum absolute atomic E-state index is 11.2. The third kappa shape index (κ3) is 1.91. The summed E-state index contributed by atoms with van der Waals surface area (Å²) < 4.78 is 0. The van der Waals surface area contributed by atoms with E-state index in [4.69, 9.17) is 5.73 Å². The fourth-order valence-corrected chi connectivity index (χ4v) is 2.03. The monoisotopic (exact) mass is 253 g/mol. The molecule has 0 aliphatic rings. The predicted octanol–water partition coefficient (Wildman–Crippen LogP) is 2.51. The Balaban J connectivity index is 2.22. The van der Waals surface area contributed by atoms with Crippen molar-refractivity contribution >= 4 is 22.7 Å². The molecule has 0 saturated carbocycles. The molecule has 4 N–H and O–H groups in total. The molecule has 1 aromatic heterocycles. The molecular formula is C14H11N3O2. The van der Waals surface area contributed by atoms with Crippen molar-refractivity contribution in [3.63, 3.8) is 0 Å². The van der Waals surface area contributed by atoms with Crippen molar-refractivity contribution in [1.29, 1.82) is 0 Å². The zero-order valence-electron chi connectivity index (χ0n) is 9.92. The Bertz CT molecular complexity index is 777. The number of nitrogens with zero attached hydrogens (tertiary/aromatic N) is 1. The van der Waals surface area contributed by atoms with Gasteiger partial charge in [-0.25, -0.2) is 9.78 Å². The van der Waals surface area contributed by atoms with E-state index in [9.17, 15) is 9.90 Å². The lowest BCUT2D eigenvalue weighted by Crippen LogP contribution is -1.99. The van der Waals surface area contributed by atoms with E-state index in [-0.39, 0.29) is 5.56 Å². The first kappa shape index (κ1) is 11.3. The Hall–Kier alpha value is -2.82. The van der Waals surface area contributed by atoms with Gasteiger partial charge in [0.2, 0.25) is 0 Å². The fraction of sp³-hybridized carbons (Fsp3) is 0. The summed E-state index contributed by atoms with van der Waals surface area (Å²) in [6, 6.07) is 12.1. The molecule has 5 nitrogen and oxygen atoms in total. The molecule has 5 heteroatoms. The van der Waals surface area contributed by atoms with Gasteiger partial charge in [-0.1, -0.05) is 18.2 Å². The molecule has 3 aromatic rings. The van der Waals surface area contributed by atoms with Gasteiger partial charge >= 0.3 is 5.97 Å². The lowest BCUT2D eigenvalue weighted by atomic mass is 10.1. The molecule has 0 aliphatic carbocycles. The Morgan fingerprint density at radius 2 is 2.00 bits per heavy atom. The summed E-state index contributed by atoms with van der Waals surface area (Å²) in [5, 5.41) is 9.18.